The van der Waals surface area contributed by atoms with Crippen LogP contribution in [0.3, 0.4) is 0 Å². The van der Waals surface area contributed by atoms with Crippen molar-refractivity contribution >= 4 is 8.41 Å². The molecule has 0 heterocycles. The summed E-state index contributed by atoms with van der Waals surface area (Å²) in [5.41, 5.74) is 0. The summed E-state index contributed by atoms with van der Waals surface area (Å²) in [4.78, 5) is 32.0. The van der Waals surface area contributed by atoms with Crippen molar-refractivity contribution in [3.05, 3.63) is 40.5 Å². The summed E-state index contributed by atoms with van der Waals surface area (Å²) in [6, 6.07) is 0. The van der Waals surface area contributed by atoms with Crippen LogP contribution in [0.25, 0.3) is 0 Å². The van der Waals surface area contributed by atoms with Crippen molar-refractivity contribution in [3.8, 4) is 0 Å². The van der Waals surface area contributed by atoms with Gasteiger partial charge in [-0.1, -0.05) is 0 Å². The van der Waals surface area contributed by atoms with Crippen LogP contribution in [0.15, 0.2) is 21.4 Å². The van der Waals surface area contributed by atoms with E-state index in [-0.39, 0.29) is 30.1 Å². The van der Waals surface area contributed by atoms with E-state index in [2.05, 4.69) is 0 Å². The van der Waals surface area contributed by atoms with Crippen LogP contribution in [0.2, 0.25) is 0 Å². The topological polar surface area (TPSA) is 210 Å². The molecule has 0 radical (unpaired) electrons. The number of hydrogen-bond acceptors (Lipinski definition) is 12. The van der Waals surface area contributed by atoms with E-state index in [9.17, 15) is 0 Å². The van der Waals surface area contributed by atoms with Gasteiger partial charge >= 0.3 is 21.7 Å². The molecule has 0 rings (SSSR count). The maximum Gasteiger partial charge on any atom is 4.00 e. The Morgan fingerprint density at radius 2 is 0.571 bits per heavy atom. The van der Waals surface area contributed by atoms with Crippen molar-refractivity contribution in [3.63, 3.8) is 0 Å². The summed E-state index contributed by atoms with van der Waals surface area (Å²) in [7, 11) is 0. The molecule has 0 atom stereocenters. The Bertz CT molecular complexity index is 75.3. The van der Waals surface area contributed by atoms with Gasteiger partial charge in [0.05, 0.1) is 8.41 Å². The van der Waals surface area contributed by atoms with Crippen LogP contribution in [0.5, 0.6) is 0 Å². The molecule has 12 nitrogen and oxygen atoms in total. The molecule has 0 saturated carbocycles. The quantitative estimate of drug-likeness (QED) is 0.316. The Kier molecular flexibility index (Phi) is 609. The largest absolute Gasteiger partial charge is 4.00 e. The fraction of sp³-hybridized carbons (Fsp3) is 0. The van der Waals surface area contributed by atoms with Gasteiger partial charge in [0.1, 0.15) is 0 Å². The monoisotopic (exact) mass is 246 g/mol. The standard InChI is InChI=1S/BH3.4HNO2.Ti/c;4*2-1-3;/h1H3;4*(H,2,3);/q;;;;;+4/p-4. The van der Waals surface area contributed by atoms with E-state index in [1.54, 1.807) is 0 Å². The second-order valence-electron chi connectivity index (χ2n) is 0.298. The van der Waals surface area contributed by atoms with E-state index in [0.717, 1.165) is 21.4 Å². The van der Waals surface area contributed by atoms with Gasteiger partial charge in [0.15, 0.2) is 0 Å². The normalized spacial score (nSPS) is 3.43. The first-order chi connectivity index (χ1) is 5.66. The maximum absolute atomic E-state index is 8.00. The van der Waals surface area contributed by atoms with Crippen LogP contribution in [-0.4, -0.2) is 8.41 Å². The molecule has 0 amide bonds. The number of hydrogen-bond donors (Lipinski definition) is 0. The molecule has 0 spiro atoms. The van der Waals surface area contributed by atoms with Crippen LogP contribution < -0.4 is 0 Å². The molecule has 0 N–H and O–H groups in total. The van der Waals surface area contributed by atoms with E-state index in [1.165, 1.54) is 0 Å². The smallest absolute Gasteiger partial charge is 0.444 e. The zero-order valence-corrected chi connectivity index (χ0v) is 7.12. The Balaban J connectivity index is -0.0000000145. The fourth-order valence-corrected chi connectivity index (χ4v) is 0. The first-order valence-electron chi connectivity index (χ1n) is 1.46. The van der Waals surface area contributed by atoms with E-state index in [4.69, 9.17) is 40.5 Å². The SMILES string of the molecule is B.O=N[O-].O=N[O-].O=N[O-].O=N[O-].[Ti+4]. The minimum Gasteiger partial charge on any atom is -0.444 e. The Morgan fingerprint density at radius 3 is 0.571 bits per heavy atom. The second-order valence-corrected chi connectivity index (χ2v) is 0.298. The van der Waals surface area contributed by atoms with Crippen molar-refractivity contribution in [2.24, 2.45) is 21.4 Å². The zero-order chi connectivity index (χ0) is 10.8. The summed E-state index contributed by atoms with van der Waals surface area (Å²) < 4.78 is 0. The predicted octanol–water partition coefficient (Wildman–Crippen LogP) is -0.184. The van der Waals surface area contributed by atoms with Crippen LogP contribution in [0.1, 0.15) is 0 Å². The first-order valence-corrected chi connectivity index (χ1v) is 1.46. The van der Waals surface area contributed by atoms with Crippen molar-refractivity contribution in [1.82, 2.24) is 0 Å². The van der Waals surface area contributed by atoms with E-state index in [1.807, 2.05) is 0 Å². The summed E-state index contributed by atoms with van der Waals surface area (Å²) in [6.07, 6.45) is 0. The number of nitrogens with zero attached hydrogens (tertiary/aromatic N) is 4. The van der Waals surface area contributed by atoms with Gasteiger partial charge in [-0.2, -0.15) is 0 Å². The molecule has 0 aromatic carbocycles. The molecule has 0 unspecified atom stereocenters. The molecular formula is H3BN4O8Ti. The van der Waals surface area contributed by atoms with Gasteiger partial charge in [-0.3, -0.25) is 0 Å². The Morgan fingerprint density at radius 1 is 0.571 bits per heavy atom. The zero-order valence-electron chi connectivity index (χ0n) is 5.55. The molecule has 0 saturated heterocycles. The first kappa shape index (κ1) is 39.4. The third-order valence-electron chi connectivity index (χ3n) is 0. The van der Waals surface area contributed by atoms with Gasteiger partial charge in [-0.25, -0.2) is 0 Å². The summed E-state index contributed by atoms with van der Waals surface area (Å²) in [5.74, 6) is 0. The number of rotatable bonds is 0. The van der Waals surface area contributed by atoms with Gasteiger partial charge in [0, 0.05) is 0 Å². The van der Waals surface area contributed by atoms with E-state index in [0.29, 0.717) is 0 Å². The summed E-state index contributed by atoms with van der Waals surface area (Å²) in [6.45, 7) is 0. The van der Waals surface area contributed by atoms with E-state index >= 15 is 0 Å². The van der Waals surface area contributed by atoms with Gasteiger partial charge in [-0.05, 0) is 0 Å². The summed E-state index contributed by atoms with van der Waals surface area (Å²) >= 11 is 0. The van der Waals surface area contributed by atoms with Crippen LogP contribution in [0.4, 0.5) is 0 Å². The van der Waals surface area contributed by atoms with Crippen molar-refractivity contribution in [2.75, 3.05) is 0 Å². The van der Waals surface area contributed by atoms with Crippen molar-refractivity contribution < 1.29 is 21.7 Å². The second kappa shape index (κ2) is 217. The van der Waals surface area contributed by atoms with Gasteiger partial charge in [-0.15, -0.1) is 21.4 Å². The molecule has 0 aromatic rings. The molecule has 0 aromatic heterocycles. The molecule has 14 heteroatoms. The van der Waals surface area contributed by atoms with Gasteiger partial charge in [0.25, 0.3) is 0 Å². The Hall–Kier alpha value is -1.62. The van der Waals surface area contributed by atoms with Crippen LogP contribution >= 0.6 is 0 Å². The van der Waals surface area contributed by atoms with Crippen LogP contribution in [0, 0.1) is 40.5 Å². The molecule has 0 aliphatic carbocycles. The molecule has 14 heavy (non-hydrogen) atoms. The molecular weight excluding hydrogens is 243 g/mol. The predicted molar refractivity (Wildman–Crippen MR) is 46.6 cm³/mol. The van der Waals surface area contributed by atoms with Crippen molar-refractivity contribution in [2.45, 2.75) is 0 Å². The third kappa shape index (κ3) is 348. The van der Waals surface area contributed by atoms with Crippen molar-refractivity contribution in [1.29, 1.82) is 0 Å². The maximum atomic E-state index is 8.00. The van der Waals surface area contributed by atoms with Crippen LogP contribution in [-0.2, 0) is 21.7 Å². The molecule has 0 aliphatic heterocycles. The summed E-state index contributed by atoms with van der Waals surface area (Å²) in [5, 5.41) is 36.0. The fourth-order valence-electron chi connectivity index (χ4n) is 0. The molecule has 0 aliphatic rings. The molecule has 0 fully saturated rings. The Labute approximate surface area is 92.5 Å². The molecule has 0 bridgehead atoms. The minimum absolute atomic E-state index is 0. The van der Waals surface area contributed by atoms with Gasteiger partial charge < -0.3 is 40.5 Å². The van der Waals surface area contributed by atoms with E-state index < -0.39 is 0 Å². The third-order valence-corrected chi connectivity index (χ3v) is 0. The minimum atomic E-state index is 0. The average Bonchev–Trinajstić information content (AvgIpc) is 1.92. The average molecular weight is 246 g/mol. The molecule has 78 valence electrons. The van der Waals surface area contributed by atoms with Gasteiger partial charge in [0.2, 0.25) is 0 Å².